The Morgan fingerprint density at radius 3 is 2.65 bits per heavy atom. The Kier molecular flexibility index (Phi) is 6.48. The maximum atomic E-state index is 13.7. The SMILES string of the molecule is N#Cc1c(F)cccc1S(=O)(=O)NCCCN1CCN(c2nc3ccccc3s2)CC1. The Bertz CT molecular complexity index is 1180. The second-order valence-electron chi connectivity index (χ2n) is 7.27. The molecule has 0 spiro atoms. The zero-order valence-electron chi connectivity index (χ0n) is 16.8. The molecule has 0 amide bonds. The van der Waals surface area contributed by atoms with Gasteiger partial charge in [-0.1, -0.05) is 29.5 Å². The van der Waals surface area contributed by atoms with Crippen molar-refractivity contribution in [2.75, 3.05) is 44.2 Å². The van der Waals surface area contributed by atoms with Crippen LogP contribution in [0.15, 0.2) is 47.4 Å². The molecule has 10 heteroatoms. The lowest BCUT2D eigenvalue weighted by Gasteiger charge is -2.34. The number of nitrogens with zero attached hydrogens (tertiary/aromatic N) is 4. The number of hydrogen-bond donors (Lipinski definition) is 1. The normalized spacial score (nSPS) is 15.3. The fraction of sp³-hybridized carbons (Fsp3) is 0.333. The lowest BCUT2D eigenvalue weighted by Crippen LogP contribution is -2.47. The Balaban J connectivity index is 1.25. The number of anilines is 1. The third kappa shape index (κ3) is 4.85. The molecule has 1 aromatic heterocycles. The monoisotopic (exact) mass is 459 g/mol. The highest BCUT2D eigenvalue weighted by Crippen LogP contribution is 2.29. The van der Waals surface area contributed by atoms with Crippen LogP contribution in [-0.4, -0.2) is 57.6 Å². The smallest absolute Gasteiger partial charge is 0.241 e. The maximum absolute atomic E-state index is 13.7. The van der Waals surface area contributed by atoms with Gasteiger partial charge < -0.3 is 4.90 Å². The molecule has 0 aliphatic carbocycles. The molecule has 0 radical (unpaired) electrons. The van der Waals surface area contributed by atoms with Crippen molar-refractivity contribution >= 4 is 36.7 Å². The minimum atomic E-state index is -3.93. The molecule has 0 bridgehead atoms. The number of para-hydroxylation sites is 1. The van der Waals surface area contributed by atoms with Crippen LogP contribution in [0.2, 0.25) is 0 Å². The first-order valence-corrected chi connectivity index (χ1v) is 12.3. The summed E-state index contributed by atoms with van der Waals surface area (Å²) >= 11 is 1.70. The summed E-state index contributed by atoms with van der Waals surface area (Å²) in [5.41, 5.74) is 0.566. The summed E-state index contributed by atoms with van der Waals surface area (Å²) in [6.07, 6.45) is 0.623. The molecule has 1 saturated heterocycles. The number of nitriles is 1. The molecule has 2 heterocycles. The van der Waals surface area contributed by atoms with Crippen molar-refractivity contribution in [2.24, 2.45) is 0 Å². The highest BCUT2D eigenvalue weighted by molar-refractivity contribution is 7.89. The lowest BCUT2D eigenvalue weighted by molar-refractivity contribution is 0.255. The van der Waals surface area contributed by atoms with Crippen LogP contribution in [0.25, 0.3) is 10.2 Å². The molecular weight excluding hydrogens is 437 g/mol. The van der Waals surface area contributed by atoms with E-state index in [2.05, 4.69) is 20.6 Å². The fourth-order valence-corrected chi connectivity index (χ4v) is 5.84. The van der Waals surface area contributed by atoms with Crippen LogP contribution < -0.4 is 9.62 Å². The molecule has 0 atom stereocenters. The van der Waals surface area contributed by atoms with E-state index in [4.69, 9.17) is 10.2 Å². The summed E-state index contributed by atoms with van der Waals surface area (Å²) in [6.45, 7) is 4.49. The van der Waals surface area contributed by atoms with Gasteiger partial charge in [-0.3, -0.25) is 4.90 Å². The van der Waals surface area contributed by atoms with Crippen LogP contribution in [0.1, 0.15) is 12.0 Å². The van der Waals surface area contributed by atoms with Crippen LogP contribution in [0.5, 0.6) is 0 Å². The summed E-state index contributed by atoms with van der Waals surface area (Å²) in [4.78, 5) is 8.97. The van der Waals surface area contributed by atoms with E-state index in [-0.39, 0.29) is 11.4 Å². The first-order chi connectivity index (χ1) is 15.0. The predicted octanol–water partition coefficient (Wildman–Crippen LogP) is 2.80. The van der Waals surface area contributed by atoms with E-state index >= 15 is 0 Å². The van der Waals surface area contributed by atoms with E-state index in [0.29, 0.717) is 6.42 Å². The maximum Gasteiger partial charge on any atom is 0.241 e. The van der Waals surface area contributed by atoms with Gasteiger partial charge in [0.05, 0.1) is 10.2 Å². The number of nitrogens with one attached hydrogen (secondary N) is 1. The first kappa shape index (κ1) is 21.6. The van der Waals surface area contributed by atoms with E-state index in [9.17, 15) is 12.8 Å². The third-order valence-corrected chi connectivity index (χ3v) is 7.85. The zero-order valence-corrected chi connectivity index (χ0v) is 18.4. The number of benzene rings is 2. The molecule has 3 aromatic rings. The van der Waals surface area contributed by atoms with Gasteiger partial charge in [-0.25, -0.2) is 22.5 Å². The lowest BCUT2D eigenvalue weighted by atomic mass is 10.2. The van der Waals surface area contributed by atoms with Gasteiger partial charge in [-0.2, -0.15) is 5.26 Å². The first-order valence-electron chi connectivity index (χ1n) is 9.99. The number of hydrogen-bond acceptors (Lipinski definition) is 7. The van der Waals surface area contributed by atoms with Gasteiger partial charge in [-0.15, -0.1) is 0 Å². The molecule has 31 heavy (non-hydrogen) atoms. The number of rotatable bonds is 7. The van der Waals surface area contributed by atoms with Gasteiger partial charge in [0.2, 0.25) is 10.0 Å². The standard InChI is InChI=1S/C21H22FN5O2S2/c22-17-5-3-8-20(16(17)15-23)31(28,29)24-9-4-10-26-11-13-27(14-12-26)21-25-18-6-1-2-7-19(18)30-21/h1-3,5-8,24H,4,9-14H2. The van der Waals surface area contributed by atoms with Crippen molar-refractivity contribution in [1.29, 1.82) is 5.26 Å². The molecule has 1 N–H and O–H groups in total. The van der Waals surface area contributed by atoms with Crippen molar-refractivity contribution in [3.05, 3.63) is 53.8 Å². The van der Waals surface area contributed by atoms with Crippen LogP contribution in [0.4, 0.5) is 9.52 Å². The zero-order chi connectivity index (χ0) is 21.8. The van der Waals surface area contributed by atoms with Gasteiger partial charge >= 0.3 is 0 Å². The minimum absolute atomic E-state index is 0.224. The number of aromatic nitrogens is 1. The van der Waals surface area contributed by atoms with Crippen molar-refractivity contribution in [2.45, 2.75) is 11.3 Å². The fourth-order valence-electron chi connectivity index (χ4n) is 3.58. The molecule has 1 aliphatic heterocycles. The van der Waals surface area contributed by atoms with E-state index in [1.165, 1.54) is 16.8 Å². The van der Waals surface area contributed by atoms with Crippen LogP contribution >= 0.6 is 11.3 Å². The Labute approximate surface area is 184 Å². The van der Waals surface area contributed by atoms with Gasteiger partial charge in [0.1, 0.15) is 22.3 Å². The van der Waals surface area contributed by atoms with Gasteiger partial charge in [0.15, 0.2) is 5.13 Å². The molecule has 2 aromatic carbocycles. The molecule has 1 aliphatic rings. The second-order valence-corrected chi connectivity index (χ2v) is 10.0. The third-order valence-electron chi connectivity index (χ3n) is 5.25. The summed E-state index contributed by atoms with van der Waals surface area (Å²) in [6, 6.07) is 13.3. The van der Waals surface area contributed by atoms with Crippen molar-refractivity contribution in [1.82, 2.24) is 14.6 Å². The number of thiazole rings is 1. The Hall–Kier alpha value is -2.58. The van der Waals surface area contributed by atoms with E-state index in [1.54, 1.807) is 17.4 Å². The summed E-state index contributed by atoms with van der Waals surface area (Å²) < 4.78 is 42.2. The van der Waals surface area contributed by atoms with Gasteiger partial charge in [-0.05, 0) is 37.2 Å². The highest BCUT2D eigenvalue weighted by Gasteiger charge is 2.22. The Morgan fingerprint density at radius 2 is 1.90 bits per heavy atom. The Morgan fingerprint density at radius 1 is 1.13 bits per heavy atom. The van der Waals surface area contributed by atoms with E-state index in [0.717, 1.165) is 49.4 Å². The predicted molar refractivity (Wildman–Crippen MR) is 119 cm³/mol. The van der Waals surface area contributed by atoms with Crippen LogP contribution in [0.3, 0.4) is 0 Å². The number of sulfonamides is 1. The van der Waals surface area contributed by atoms with Gasteiger partial charge in [0, 0.05) is 32.7 Å². The molecule has 7 nitrogen and oxygen atoms in total. The molecule has 0 unspecified atom stereocenters. The quantitative estimate of drug-likeness (QED) is 0.547. The topological polar surface area (TPSA) is 89.3 Å². The van der Waals surface area contributed by atoms with E-state index in [1.807, 2.05) is 18.2 Å². The van der Waals surface area contributed by atoms with Crippen LogP contribution in [0, 0.1) is 17.1 Å². The average Bonchev–Trinajstić information content (AvgIpc) is 3.21. The average molecular weight is 460 g/mol. The summed E-state index contributed by atoms with van der Waals surface area (Å²) in [5.74, 6) is -0.837. The molecule has 4 rings (SSSR count). The van der Waals surface area contributed by atoms with Gasteiger partial charge in [0.25, 0.3) is 0 Å². The van der Waals surface area contributed by atoms with Crippen molar-refractivity contribution in [3.63, 3.8) is 0 Å². The number of piperazine rings is 1. The highest BCUT2D eigenvalue weighted by atomic mass is 32.2. The van der Waals surface area contributed by atoms with Crippen molar-refractivity contribution < 1.29 is 12.8 Å². The molecule has 1 fully saturated rings. The molecule has 162 valence electrons. The van der Waals surface area contributed by atoms with Crippen molar-refractivity contribution in [3.8, 4) is 6.07 Å². The molecule has 0 saturated carbocycles. The molecular formula is C21H22FN5O2S2. The second kappa shape index (κ2) is 9.28. The van der Waals surface area contributed by atoms with Crippen LogP contribution in [-0.2, 0) is 10.0 Å². The van der Waals surface area contributed by atoms with E-state index < -0.39 is 21.4 Å². The number of fused-ring (bicyclic) bond motifs is 1. The minimum Gasteiger partial charge on any atom is -0.345 e. The number of halogens is 1. The summed E-state index contributed by atoms with van der Waals surface area (Å²) in [5, 5.41) is 10.1. The summed E-state index contributed by atoms with van der Waals surface area (Å²) in [7, 11) is -3.93. The largest absolute Gasteiger partial charge is 0.345 e.